The van der Waals surface area contributed by atoms with Gasteiger partial charge in [-0.1, -0.05) is 30.3 Å². The Morgan fingerprint density at radius 3 is 2.67 bits per heavy atom. The summed E-state index contributed by atoms with van der Waals surface area (Å²) in [6.07, 6.45) is 0. The monoisotopic (exact) mass is 223 g/mol. The number of sulfonamides is 1. The van der Waals surface area contributed by atoms with Crippen molar-refractivity contribution < 1.29 is 8.42 Å². The van der Waals surface area contributed by atoms with Gasteiger partial charge in [0.1, 0.15) is 0 Å². The van der Waals surface area contributed by atoms with E-state index in [2.05, 4.69) is 6.58 Å². The van der Waals surface area contributed by atoms with Crippen molar-refractivity contribution in [2.45, 2.75) is 20.0 Å². The zero-order valence-electron chi connectivity index (χ0n) is 8.60. The van der Waals surface area contributed by atoms with Crippen LogP contribution in [0.25, 0.3) is 0 Å². The van der Waals surface area contributed by atoms with E-state index in [1.165, 1.54) is 4.31 Å². The van der Waals surface area contributed by atoms with Crippen LogP contribution < -0.4 is 0 Å². The Bertz CT molecular complexity index is 505. The van der Waals surface area contributed by atoms with Crippen LogP contribution in [0.5, 0.6) is 0 Å². The minimum absolute atomic E-state index is 0.462. The molecule has 1 heterocycles. The van der Waals surface area contributed by atoms with E-state index >= 15 is 0 Å². The Labute approximate surface area is 90.1 Å². The van der Waals surface area contributed by atoms with E-state index in [1.54, 1.807) is 0 Å². The van der Waals surface area contributed by atoms with Crippen LogP contribution in [0, 0.1) is 6.92 Å². The molecule has 1 aromatic carbocycles. The normalized spacial score (nSPS) is 16.3. The van der Waals surface area contributed by atoms with Gasteiger partial charge in [-0.25, -0.2) is 8.42 Å². The molecule has 0 fully saturated rings. The van der Waals surface area contributed by atoms with Crippen molar-refractivity contribution in [3.05, 3.63) is 46.9 Å². The summed E-state index contributed by atoms with van der Waals surface area (Å²) < 4.78 is 24.6. The highest BCUT2D eigenvalue weighted by Gasteiger charge is 2.26. The Balaban J connectivity index is 2.34. The van der Waals surface area contributed by atoms with Gasteiger partial charge in [-0.2, -0.15) is 4.31 Å². The highest BCUT2D eigenvalue weighted by atomic mass is 32.2. The van der Waals surface area contributed by atoms with Crippen LogP contribution >= 0.6 is 0 Å². The molecule has 0 aliphatic carbocycles. The predicted octanol–water partition coefficient (Wildman–Crippen LogP) is 1.78. The molecule has 0 atom stereocenters. The van der Waals surface area contributed by atoms with Crippen LogP contribution in [-0.4, -0.2) is 12.7 Å². The van der Waals surface area contributed by atoms with Crippen molar-refractivity contribution in [1.29, 1.82) is 0 Å². The molecule has 15 heavy (non-hydrogen) atoms. The first-order chi connectivity index (χ1) is 7.03. The van der Waals surface area contributed by atoms with Crippen molar-refractivity contribution in [2.24, 2.45) is 0 Å². The molecule has 0 radical (unpaired) electrons. The second-order valence-electron chi connectivity index (χ2n) is 3.75. The largest absolute Gasteiger partial charge is 0.236 e. The molecule has 0 spiro atoms. The maximum absolute atomic E-state index is 11.6. The lowest BCUT2D eigenvalue weighted by Gasteiger charge is -2.11. The molecule has 1 aliphatic heterocycles. The van der Waals surface area contributed by atoms with Crippen LogP contribution in [0.1, 0.15) is 16.7 Å². The van der Waals surface area contributed by atoms with Crippen molar-refractivity contribution in [3.8, 4) is 0 Å². The molecule has 4 heteroatoms. The Morgan fingerprint density at radius 1 is 1.33 bits per heavy atom. The first kappa shape index (κ1) is 10.4. The van der Waals surface area contributed by atoms with Gasteiger partial charge in [-0.15, -0.1) is 0 Å². The van der Waals surface area contributed by atoms with Gasteiger partial charge in [0, 0.05) is 18.5 Å². The highest BCUT2D eigenvalue weighted by molar-refractivity contribution is 7.91. The summed E-state index contributed by atoms with van der Waals surface area (Å²) in [6, 6.07) is 6.03. The third-order valence-corrected chi connectivity index (χ3v) is 4.02. The maximum atomic E-state index is 11.6. The minimum Gasteiger partial charge on any atom is -0.208 e. The fraction of sp³-hybridized carbons (Fsp3) is 0.273. The van der Waals surface area contributed by atoms with E-state index in [1.807, 2.05) is 25.1 Å². The lowest BCUT2D eigenvalue weighted by atomic mass is 10.1. The number of benzene rings is 1. The summed E-state index contributed by atoms with van der Waals surface area (Å²) in [7, 11) is -3.28. The molecule has 3 nitrogen and oxygen atoms in total. The number of hydrogen-bond acceptors (Lipinski definition) is 2. The Kier molecular flexibility index (Phi) is 2.40. The van der Waals surface area contributed by atoms with Crippen molar-refractivity contribution in [3.63, 3.8) is 0 Å². The molecule has 1 aliphatic rings. The lowest BCUT2D eigenvalue weighted by Crippen LogP contribution is -2.22. The smallest absolute Gasteiger partial charge is 0.208 e. The molecule has 0 N–H and O–H groups in total. The van der Waals surface area contributed by atoms with Gasteiger partial charge in [0.2, 0.25) is 10.0 Å². The molecular formula is C11H13NO2S. The summed E-state index contributed by atoms with van der Waals surface area (Å²) >= 11 is 0. The summed E-state index contributed by atoms with van der Waals surface area (Å²) in [5.74, 6) is 0. The predicted molar refractivity (Wildman–Crippen MR) is 59.5 cm³/mol. The van der Waals surface area contributed by atoms with Gasteiger partial charge in [-0.3, -0.25) is 0 Å². The van der Waals surface area contributed by atoms with Crippen molar-refractivity contribution in [1.82, 2.24) is 4.31 Å². The number of hydrogen-bond donors (Lipinski definition) is 0. The van der Waals surface area contributed by atoms with Crippen LogP contribution in [0.15, 0.2) is 30.2 Å². The van der Waals surface area contributed by atoms with Crippen molar-refractivity contribution in [2.75, 3.05) is 0 Å². The fourth-order valence-electron chi connectivity index (χ4n) is 1.78. The van der Waals surface area contributed by atoms with Crippen molar-refractivity contribution >= 4 is 10.0 Å². The molecule has 80 valence electrons. The van der Waals surface area contributed by atoms with Gasteiger partial charge in [0.15, 0.2) is 0 Å². The Morgan fingerprint density at radius 2 is 2.00 bits per heavy atom. The molecule has 0 aromatic heterocycles. The molecule has 0 saturated carbocycles. The molecule has 0 amide bonds. The zero-order chi connectivity index (χ0) is 11.1. The molecule has 0 bridgehead atoms. The van der Waals surface area contributed by atoms with Gasteiger partial charge in [-0.05, 0) is 18.1 Å². The van der Waals surface area contributed by atoms with E-state index in [-0.39, 0.29) is 0 Å². The van der Waals surface area contributed by atoms with Gasteiger partial charge in [0.25, 0.3) is 0 Å². The number of nitrogens with zero attached hydrogens (tertiary/aromatic N) is 1. The third kappa shape index (κ3) is 1.82. The summed E-state index contributed by atoms with van der Waals surface area (Å²) in [4.78, 5) is 0. The van der Waals surface area contributed by atoms with Crippen LogP contribution in [0.2, 0.25) is 0 Å². The molecule has 2 rings (SSSR count). The molecular weight excluding hydrogens is 210 g/mol. The second kappa shape index (κ2) is 3.47. The summed E-state index contributed by atoms with van der Waals surface area (Å²) in [6.45, 7) is 6.26. The zero-order valence-corrected chi connectivity index (χ0v) is 9.42. The molecule has 0 saturated heterocycles. The lowest BCUT2D eigenvalue weighted by molar-refractivity contribution is 0.439. The topological polar surface area (TPSA) is 37.4 Å². The quantitative estimate of drug-likeness (QED) is 0.766. The number of fused-ring (bicyclic) bond motifs is 1. The minimum atomic E-state index is -3.28. The van der Waals surface area contributed by atoms with E-state index in [0.717, 1.165) is 22.1 Å². The van der Waals surface area contributed by atoms with Crippen LogP contribution in [0.4, 0.5) is 0 Å². The fourth-order valence-corrected chi connectivity index (χ4v) is 2.63. The van der Waals surface area contributed by atoms with Crippen LogP contribution in [-0.2, 0) is 23.1 Å². The third-order valence-electron chi connectivity index (χ3n) is 2.63. The number of aryl methyl sites for hydroxylation is 1. The van der Waals surface area contributed by atoms with E-state index in [9.17, 15) is 8.42 Å². The molecule has 0 unspecified atom stereocenters. The van der Waals surface area contributed by atoms with Gasteiger partial charge < -0.3 is 0 Å². The summed E-state index contributed by atoms with van der Waals surface area (Å²) in [5, 5.41) is 1.01. The highest BCUT2D eigenvalue weighted by Crippen LogP contribution is 2.26. The standard InChI is InChI=1S/C11H13NO2S/c1-3-15(13,14)12-7-10-5-4-9(2)6-11(10)8-12/h3-6H,1,7-8H2,2H3. The van der Waals surface area contributed by atoms with E-state index < -0.39 is 10.0 Å². The second-order valence-corrected chi connectivity index (χ2v) is 5.63. The Hall–Kier alpha value is -1.13. The molecule has 1 aromatic rings. The summed E-state index contributed by atoms with van der Waals surface area (Å²) in [5.41, 5.74) is 3.35. The SMILES string of the molecule is C=CS(=O)(=O)N1Cc2ccc(C)cc2C1. The van der Waals surface area contributed by atoms with Gasteiger partial charge >= 0.3 is 0 Å². The van der Waals surface area contributed by atoms with Gasteiger partial charge in [0.05, 0.1) is 0 Å². The average Bonchev–Trinajstić information content (AvgIpc) is 2.61. The maximum Gasteiger partial charge on any atom is 0.236 e. The van der Waals surface area contributed by atoms with E-state index in [0.29, 0.717) is 13.1 Å². The van der Waals surface area contributed by atoms with Crippen LogP contribution in [0.3, 0.4) is 0 Å². The average molecular weight is 223 g/mol. The first-order valence-corrected chi connectivity index (χ1v) is 6.24. The first-order valence-electron chi connectivity index (χ1n) is 4.74. The van der Waals surface area contributed by atoms with E-state index in [4.69, 9.17) is 0 Å². The number of rotatable bonds is 2.